The summed E-state index contributed by atoms with van der Waals surface area (Å²) in [7, 11) is 0. The van der Waals surface area contributed by atoms with E-state index in [2.05, 4.69) is 17.4 Å². The number of hydrogen-bond acceptors (Lipinski definition) is 4. The highest BCUT2D eigenvalue weighted by atomic mass is 16.4. The van der Waals surface area contributed by atoms with Crippen LogP contribution in [0.4, 0.5) is 0 Å². The van der Waals surface area contributed by atoms with Crippen molar-refractivity contribution in [3.05, 3.63) is 41.5 Å². The number of nitrogens with one attached hydrogen (secondary N) is 1. The molecule has 1 saturated heterocycles. The number of rotatable bonds is 4. The summed E-state index contributed by atoms with van der Waals surface area (Å²) >= 11 is 0. The maximum atomic E-state index is 13.2. The van der Waals surface area contributed by atoms with Gasteiger partial charge in [0.25, 0.3) is 0 Å². The molecule has 154 valence electrons. The summed E-state index contributed by atoms with van der Waals surface area (Å²) in [4.78, 5) is 38.4. The van der Waals surface area contributed by atoms with Gasteiger partial charge in [0.15, 0.2) is 0 Å². The number of nitrogens with zero attached hydrogens (tertiary/aromatic N) is 1. The maximum Gasteiger partial charge on any atom is 0.308 e. The molecule has 4 unspecified atom stereocenters. The average Bonchev–Trinajstić information content (AvgIpc) is 3.41. The third-order valence-corrected chi connectivity index (χ3v) is 6.83. The van der Waals surface area contributed by atoms with Crippen LogP contribution < -0.4 is 11.1 Å². The smallest absolute Gasteiger partial charge is 0.308 e. The molecule has 29 heavy (non-hydrogen) atoms. The summed E-state index contributed by atoms with van der Waals surface area (Å²) in [5, 5.41) is 12.9. The van der Waals surface area contributed by atoms with Gasteiger partial charge in [0.05, 0.1) is 5.92 Å². The predicted octanol–water partition coefficient (Wildman–Crippen LogP) is 1.25. The lowest BCUT2D eigenvalue weighted by atomic mass is 9.80. The number of carboxylic acid groups (broad SMARTS) is 1. The number of carbonyl (C=O) groups is 3. The van der Waals surface area contributed by atoms with E-state index in [1.54, 1.807) is 4.90 Å². The average molecular weight is 397 g/mol. The van der Waals surface area contributed by atoms with E-state index in [4.69, 9.17) is 5.73 Å². The number of carbonyl (C=O) groups excluding carboxylic acids is 2. The van der Waals surface area contributed by atoms with E-state index in [0.29, 0.717) is 32.5 Å². The number of nitrogens with two attached hydrogens (primary N) is 1. The van der Waals surface area contributed by atoms with Crippen molar-refractivity contribution in [2.45, 2.75) is 32.2 Å². The molecule has 1 aliphatic carbocycles. The summed E-state index contributed by atoms with van der Waals surface area (Å²) in [6.45, 7) is 3.56. The monoisotopic (exact) mass is 397 g/mol. The van der Waals surface area contributed by atoms with Crippen molar-refractivity contribution < 1.29 is 19.5 Å². The van der Waals surface area contributed by atoms with E-state index in [1.165, 1.54) is 11.1 Å². The number of hydrogen-bond donors (Lipinski definition) is 3. The molecular formula is C22H27N3O4. The van der Waals surface area contributed by atoms with Crippen molar-refractivity contribution in [2.24, 2.45) is 23.0 Å². The van der Waals surface area contributed by atoms with Crippen LogP contribution >= 0.6 is 0 Å². The van der Waals surface area contributed by atoms with E-state index in [9.17, 15) is 19.5 Å². The van der Waals surface area contributed by atoms with Crippen molar-refractivity contribution in [3.8, 4) is 0 Å². The first-order valence-electron chi connectivity index (χ1n) is 10.1. The van der Waals surface area contributed by atoms with Gasteiger partial charge in [-0.2, -0.15) is 0 Å². The fraction of sp³-hybridized carbons (Fsp3) is 0.500. The van der Waals surface area contributed by atoms with Gasteiger partial charge in [0, 0.05) is 25.6 Å². The summed E-state index contributed by atoms with van der Waals surface area (Å²) in [5.74, 6) is -2.69. The Labute approximate surface area is 169 Å². The van der Waals surface area contributed by atoms with E-state index in [1.807, 2.05) is 25.1 Å². The zero-order valence-corrected chi connectivity index (χ0v) is 16.6. The number of aliphatic carboxylic acids is 1. The number of amides is 2. The molecule has 3 aliphatic rings. The van der Waals surface area contributed by atoms with Gasteiger partial charge in [-0.25, -0.2) is 0 Å². The van der Waals surface area contributed by atoms with Crippen LogP contribution in [0.25, 0.3) is 5.57 Å². The molecule has 2 aliphatic heterocycles. The standard InChI is InChI=1S/C22H27N3O4/c1-13-11-25(8-7-15(13)14-5-3-2-4-6-14)20(27)18-16(21(28)29)9-22(12-24-18)10-17(22)19(23)26/h2-6,16-18,24H,7-12H2,1H3,(H2,23,26)(H,28,29). The fourth-order valence-corrected chi connectivity index (χ4v) is 5.08. The van der Waals surface area contributed by atoms with Crippen molar-refractivity contribution in [1.29, 1.82) is 0 Å². The molecule has 1 aromatic rings. The first-order valence-corrected chi connectivity index (χ1v) is 10.1. The van der Waals surface area contributed by atoms with Crippen molar-refractivity contribution >= 4 is 23.4 Å². The van der Waals surface area contributed by atoms with Crippen molar-refractivity contribution in [1.82, 2.24) is 10.2 Å². The zero-order valence-electron chi connectivity index (χ0n) is 16.6. The summed E-state index contributed by atoms with van der Waals surface area (Å²) < 4.78 is 0. The molecule has 4 atom stereocenters. The normalized spacial score (nSPS) is 31.6. The quantitative estimate of drug-likeness (QED) is 0.708. The Hall–Kier alpha value is -2.67. The van der Waals surface area contributed by atoms with Crippen molar-refractivity contribution in [2.75, 3.05) is 19.6 Å². The molecule has 2 fully saturated rings. The Morgan fingerprint density at radius 3 is 2.52 bits per heavy atom. The van der Waals surface area contributed by atoms with E-state index < -0.39 is 23.3 Å². The molecular weight excluding hydrogens is 370 g/mol. The van der Waals surface area contributed by atoms with Crippen LogP contribution in [0, 0.1) is 17.3 Å². The Balaban J connectivity index is 1.48. The van der Waals surface area contributed by atoms with Crippen LogP contribution in [0.2, 0.25) is 0 Å². The summed E-state index contributed by atoms with van der Waals surface area (Å²) in [6.07, 6.45) is 1.67. The SMILES string of the molecule is CC1=C(c2ccccc2)CCN(C(=O)C2NCC3(CC2C(=O)O)CC3C(N)=O)C1. The van der Waals surface area contributed by atoms with Gasteiger partial charge in [0.1, 0.15) is 6.04 Å². The Morgan fingerprint density at radius 2 is 1.93 bits per heavy atom. The highest BCUT2D eigenvalue weighted by Gasteiger charge is 2.62. The van der Waals surface area contributed by atoms with Crippen LogP contribution in [0.1, 0.15) is 31.7 Å². The number of piperidine rings is 1. The molecule has 1 aromatic carbocycles. The second kappa shape index (κ2) is 7.30. The highest BCUT2D eigenvalue weighted by Crippen LogP contribution is 2.58. The van der Waals surface area contributed by atoms with E-state index in [0.717, 1.165) is 12.0 Å². The first kappa shape index (κ1) is 19.6. The molecule has 1 spiro atoms. The Morgan fingerprint density at radius 1 is 1.21 bits per heavy atom. The predicted molar refractivity (Wildman–Crippen MR) is 108 cm³/mol. The molecule has 0 aromatic heterocycles. The minimum atomic E-state index is -1.00. The molecule has 0 bridgehead atoms. The molecule has 7 heteroatoms. The largest absolute Gasteiger partial charge is 0.481 e. The number of benzene rings is 1. The van der Waals surface area contributed by atoms with Gasteiger partial charge in [-0.3, -0.25) is 14.4 Å². The van der Waals surface area contributed by atoms with Crippen LogP contribution in [-0.4, -0.2) is 53.5 Å². The lowest BCUT2D eigenvalue weighted by Crippen LogP contribution is -2.58. The zero-order chi connectivity index (χ0) is 20.8. The molecule has 7 nitrogen and oxygen atoms in total. The van der Waals surface area contributed by atoms with Crippen LogP contribution in [-0.2, 0) is 14.4 Å². The lowest BCUT2D eigenvalue weighted by Gasteiger charge is -2.39. The molecule has 4 rings (SSSR count). The Kier molecular flexibility index (Phi) is 4.94. The number of primary amides is 1. The van der Waals surface area contributed by atoms with Gasteiger partial charge >= 0.3 is 5.97 Å². The maximum absolute atomic E-state index is 13.2. The van der Waals surface area contributed by atoms with E-state index in [-0.39, 0.29) is 17.7 Å². The van der Waals surface area contributed by atoms with Crippen LogP contribution in [0.3, 0.4) is 0 Å². The lowest BCUT2D eigenvalue weighted by molar-refractivity contribution is -0.150. The fourth-order valence-electron chi connectivity index (χ4n) is 5.08. The second-order valence-corrected chi connectivity index (χ2v) is 8.66. The van der Waals surface area contributed by atoms with Gasteiger partial charge < -0.3 is 21.1 Å². The van der Waals surface area contributed by atoms with Gasteiger partial charge in [-0.1, -0.05) is 35.9 Å². The summed E-state index contributed by atoms with van der Waals surface area (Å²) in [6, 6.07) is 9.37. The molecule has 2 amide bonds. The third-order valence-electron chi connectivity index (χ3n) is 6.83. The molecule has 1 saturated carbocycles. The first-order chi connectivity index (χ1) is 13.8. The molecule has 0 radical (unpaired) electrons. The van der Waals surface area contributed by atoms with Crippen molar-refractivity contribution in [3.63, 3.8) is 0 Å². The third kappa shape index (κ3) is 3.55. The summed E-state index contributed by atoms with van der Waals surface area (Å²) in [5.41, 5.74) is 8.57. The minimum Gasteiger partial charge on any atom is -0.481 e. The van der Waals surface area contributed by atoms with E-state index >= 15 is 0 Å². The van der Waals surface area contributed by atoms with Crippen LogP contribution in [0.5, 0.6) is 0 Å². The van der Waals surface area contributed by atoms with Gasteiger partial charge in [-0.15, -0.1) is 0 Å². The number of carboxylic acids is 1. The highest BCUT2D eigenvalue weighted by molar-refractivity contribution is 5.89. The molecule has 4 N–H and O–H groups in total. The Bertz CT molecular complexity index is 881. The van der Waals surface area contributed by atoms with Gasteiger partial charge in [-0.05, 0) is 42.7 Å². The second-order valence-electron chi connectivity index (χ2n) is 8.66. The minimum absolute atomic E-state index is 0.171. The molecule has 2 heterocycles. The van der Waals surface area contributed by atoms with Gasteiger partial charge in [0.2, 0.25) is 11.8 Å². The topological polar surface area (TPSA) is 113 Å². The van der Waals surface area contributed by atoms with Crippen LogP contribution in [0.15, 0.2) is 35.9 Å².